The quantitative estimate of drug-likeness (QED) is 0.561. The number of amides is 1. The molecule has 0 atom stereocenters. The third-order valence-corrected chi connectivity index (χ3v) is 8.03. The van der Waals surface area contributed by atoms with Gasteiger partial charge in [-0.1, -0.05) is 36.4 Å². The van der Waals surface area contributed by atoms with Gasteiger partial charge < -0.3 is 10.1 Å². The van der Waals surface area contributed by atoms with Crippen LogP contribution in [-0.4, -0.2) is 37.8 Å². The molecule has 5 rings (SSSR count). The van der Waals surface area contributed by atoms with Crippen LogP contribution in [0.3, 0.4) is 0 Å². The van der Waals surface area contributed by atoms with Crippen molar-refractivity contribution in [2.24, 2.45) is 0 Å². The van der Waals surface area contributed by atoms with Crippen LogP contribution in [0.1, 0.15) is 41.6 Å². The Morgan fingerprint density at radius 1 is 0.969 bits per heavy atom. The number of nitrogens with one attached hydrogen (secondary N) is 1. The summed E-state index contributed by atoms with van der Waals surface area (Å²) in [5.41, 5.74) is 1.46. The summed E-state index contributed by atoms with van der Waals surface area (Å²) in [6.07, 6.45) is 3.79. The molecule has 2 saturated carbocycles. The van der Waals surface area contributed by atoms with E-state index in [4.69, 9.17) is 4.74 Å². The van der Waals surface area contributed by atoms with E-state index in [1.165, 1.54) is 0 Å². The zero-order valence-corrected chi connectivity index (χ0v) is 18.8. The van der Waals surface area contributed by atoms with Crippen molar-refractivity contribution in [3.63, 3.8) is 0 Å². The molecule has 0 saturated heterocycles. The second kappa shape index (κ2) is 8.22. The highest BCUT2D eigenvalue weighted by Crippen LogP contribution is 2.37. The molecule has 3 aromatic carbocycles. The Labute approximate surface area is 188 Å². The standard InChI is InChI=1S/C25H26N2O4S/c1-31-23-14-15-24(22-5-3-2-4-21(22)23)32(29,30)27(20-12-13-20)16-17-6-8-18(9-7-17)25(28)26-19-10-11-19/h2-9,14-15,19-20H,10-13,16H2,1H3,(H,26,28). The minimum atomic E-state index is -3.72. The molecule has 0 aliphatic heterocycles. The second-order valence-corrected chi connectivity index (χ2v) is 10.4. The van der Waals surface area contributed by atoms with Crippen LogP contribution in [0.4, 0.5) is 0 Å². The van der Waals surface area contributed by atoms with Crippen LogP contribution in [0.25, 0.3) is 10.8 Å². The number of rotatable bonds is 8. The van der Waals surface area contributed by atoms with E-state index in [1.54, 1.807) is 35.7 Å². The molecular formula is C25H26N2O4S. The smallest absolute Gasteiger partial charge is 0.251 e. The molecule has 32 heavy (non-hydrogen) atoms. The highest BCUT2D eigenvalue weighted by atomic mass is 32.2. The number of ether oxygens (including phenoxy) is 1. The Kier molecular flexibility index (Phi) is 5.39. The minimum absolute atomic E-state index is 0.00120. The van der Waals surface area contributed by atoms with Crippen molar-refractivity contribution in [2.45, 2.75) is 49.2 Å². The third-order valence-electron chi connectivity index (χ3n) is 6.07. The predicted molar refractivity (Wildman–Crippen MR) is 123 cm³/mol. The molecule has 6 nitrogen and oxygen atoms in total. The molecule has 0 unspecified atom stereocenters. The van der Waals surface area contributed by atoms with Crippen LogP contribution in [0.5, 0.6) is 5.75 Å². The molecule has 0 bridgehead atoms. The van der Waals surface area contributed by atoms with E-state index < -0.39 is 10.0 Å². The number of hydrogen-bond donors (Lipinski definition) is 1. The zero-order chi connectivity index (χ0) is 22.3. The summed E-state index contributed by atoms with van der Waals surface area (Å²) in [5, 5.41) is 4.41. The van der Waals surface area contributed by atoms with Gasteiger partial charge in [0.15, 0.2) is 0 Å². The number of nitrogens with zero attached hydrogens (tertiary/aromatic N) is 1. The molecule has 2 fully saturated rings. The summed E-state index contributed by atoms with van der Waals surface area (Å²) in [5.74, 6) is 0.577. The van der Waals surface area contributed by atoms with Gasteiger partial charge in [0, 0.05) is 35.0 Å². The average Bonchev–Trinajstić information content (AvgIpc) is 3.72. The number of carbonyl (C=O) groups excluding carboxylic acids is 1. The van der Waals surface area contributed by atoms with Crippen molar-refractivity contribution in [2.75, 3.05) is 7.11 Å². The van der Waals surface area contributed by atoms with Gasteiger partial charge in [0.25, 0.3) is 5.91 Å². The number of benzene rings is 3. The summed E-state index contributed by atoms with van der Waals surface area (Å²) in [6.45, 7) is 0.276. The van der Waals surface area contributed by atoms with E-state index in [2.05, 4.69) is 5.32 Å². The average molecular weight is 451 g/mol. The van der Waals surface area contributed by atoms with E-state index in [0.717, 1.165) is 36.6 Å². The molecule has 0 heterocycles. The fourth-order valence-corrected chi connectivity index (χ4v) is 5.85. The Morgan fingerprint density at radius 3 is 2.28 bits per heavy atom. The van der Waals surface area contributed by atoms with Crippen molar-refractivity contribution in [1.29, 1.82) is 0 Å². The SMILES string of the molecule is COc1ccc(S(=O)(=O)N(Cc2ccc(C(=O)NC3CC3)cc2)C2CC2)c2ccccc12. The summed E-state index contributed by atoms with van der Waals surface area (Å²) < 4.78 is 34.5. The fraction of sp³-hybridized carbons (Fsp3) is 0.320. The number of carbonyl (C=O) groups is 1. The topological polar surface area (TPSA) is 75.7 Å². The van der Waals surface area contributed by atoms with Gasteiger partial charge in [0.05, 0.1) is 12.0 Å². The van der Waals surface area contributed by atoms with Crippen LogP contribution in [-0.2, 0) is 16.6 Å². The summed E-state index contributed by atoms with van der Waals surface area (Å²) in [4.78, 5) is 12.5. The van der Waals surface area contributed by atoms with E-state index in [1.807, 2.05) is 36.4 Å². The maximum Gasteiger partial charge on any atom is 0.251 e. The zero-order valence-electron chi connectivity index (χ0n) is 18.0. The molecule has 1 N–H and O–H groups in total. The Hall–Kier alpha value is -2.90. The second-order valence-electron chi connectivity index (χ2n) is 8.54. The largest absolute Gasteiger partial charge is 0.496 e. The van der Waals surface area contributed by atoms with Gasteiger partial charge in [-0.2, -0.15) is 4.31 Å². The van der Waals surface area contributed by atoms with E-state index in [9.17, 15) is 13.2 Å². The first-order valence-electron chi connectivity index (χ1n) is 10.9. The number of fused-ring (bicyclic) bond motifs is 1. The van der Waals surface area contributed by atoms with Crippen molar-refractivity contribution >= 4 is 26.7 Å². The highest BCUT2D eigenvalue weighted by Gasteiger charge is 2.39. The first kappa shape index (κ1) is 21.0. The lowest BCUT2D eigenvalue weighted by atomic mass is 10.1. The minimum Gasteiger partial charge on any atom is -0.496 e. The number of sulfonamides is 1. The maximum absolute atomic E-state index is 13.8. The van der Waals surface area contributed by atoms with Gasteiger partial charge in [-0.3, -0.25) is 4.79 Å². The number of hydrogen-bond acceptors (Lipinski definition) is 4. The normalized spacial score (nSPS) is 16.3. The third kappa shape index (κ3) is 4.10. The molecule has 0 spiro atoms. The molecule has 166 valence electrons. The van der Waals surface area contributed by atoms with E-state index in [0.29, 0.717) is 27.6 Å². The van der Waals surface area contributed by atoms with E-state index >= 15 is 0 Å². The van der Waals surface area contributed by atoms with Crippen LogP contribution in [0.2, 0.25) is 0 Å². The first-order valence-corrected chi connectivity index (χ1v) is 12.4. The molecule has 2 aliphatic carbocycles. The van der Waals surface area contributed by atoms with Crippen LogP contribution in [0, 0.1) is 0 Å². The molecule has 0 aromatic heterocycles. The molecule has 2 aliphatic rings. The molecular weight excluding hydrogens is 424 g/mol. The monoisotopic (exact) mass is 450 g/mol. The molecule has 0 radical (unpaired) electrons. The highest BCUT2D eigenvalue weighted by molar-refractivity contribution is 7.89. The van der Waals surface area contributed by atoms with Gasteiger partial charge in [0.1, 0.15) is 5.75 Å². The summed E-state index contributed by atoms with van der Waals surface area (Å²) >= 11 is 0. The summed E-state index contributed by atoms with van der Waals surface area (Å²) in [7, 11) is -2.14. The Bertz CT molecular complexity index is 1260. The number of methoxy groups -OCH3 is 1. The lowest BCUT2D eigenvalue weighted by Crippen LogP contribution is -2.33. The maximum atomic E-state index is 13.8. The lowest BCUT2D eigenvalue weighted by Gasteiger charge is -2.23. The van der Waals surface area contributed by atoms with Crippen LogP contribution < -0.4 is 10.1 Å². The van der Waals surface area contributed by atoms with Crippen molar-refractivity contribution in [1.82, 2.24) is 9.62 Å². The fourth-order valence-electron chi connectivity index (χ4n) is 3.98. The Morgan fingerprint density at radius 2 is 1.66 bits per heavy atom. The van der Waals surface area contributed by atoms with Crippen LogP contribution >= 0.6 is 0 Å². The van der Waals surface area contributed by atoms with Crippen molar-refractivity contribution in [3.8, 4) is 5.75 Å². The van der Waals surface area contributed by atoms with Crippen molar-refractivity contribution in [3.05, 3.63) is 71.8 Å². The van der Waals surface area contributed by atoms with Crippen LogP contribution in [0.15, 0.2) is 65.6 Å². The van der Waals surface area contributed by atoms with E-state index in [-0.39, 0.29) is 18.5 Å². The van der Waals surface area contributed by atoms with Gasteiger partial charge in [-0.15, -0.1) is 0 Å². The van der Waals surface area contributed by atoms with Gasteiger partial charge >= 0.3 is 0 Å². The van der Waals surface area contributed by atoms with Gasteiger partial charge in [-0.05, 0) is 55.5 Å². The van der Waals surface area contributed by atoms with Gasteiger partial charge in [0.2, 0.25) is 10.0 Å². The predicted octanol–water partition coefficient (Wildman–Crippen LogP) is 4.09. The molecule has 7 heteroatoms. The first-order chi connectivity index (χ1) is 15.5. The van der Waals surface area contributed by atoms with Gasteiger partial charge in [-0.25, -0.2) is 8.42 Å². The Balaban J connectivity index is 1.44. The lowest BCUT2D eigenvalue weighted by molar-refractivity contribution is 0.0951. The van der Waals surface area contributed by atoms with Crippen molar-refractivity contribution < 1.29 is 17.9 Å². The molecule has 1 amide bonds. The summed E-state index contributed by atoms with van der Waals surface area (Å²) in [6, 6.07) is 18.3. The molecule has 3 aromatic rings.